The van der Waals surface area contributed by atoms with Crippen molar-refractivity contribution in [2.45, 2.75) is 50.8 Å². The monoisotopic (exact) mass is 333 g/mol. The summed E-state index contributed by atoms with van der Waals surface area (Å²) in [5.74, 6) is -0.0582. The first-order chi connectivity index (χ1) is 8.32. The molecule has 4 nitrogen and oxygen atoms in total. The number of nitrogens with zero attached hydrogens (tertiary/aromatic N) is 2. The summed E-state index contributed by atoms with van der Waals surface area (Å²) in [5.41, 5.74) is 0.628. The molecule has 0 fully saturated rings. The van der Waals surface area contributed by atoms with E-state index in [0.29, 0.717) is 16.2 Å². The van der Waals surface area contributed by atoms with Crippen LogP contribution in [0.15, 0.2) is 0 Å². The Bertz CT molecular complexity index is 398. The number of aromatic nitrogens is 2. The molecule has 0 aliphatic carbocycles. The van der Waals surface area contributed by atoms with Crippen LogP contribution >= 0.6 is 27.5 Å². The van der Waals surface area contributed by atoms with Gasteiger partial charge in [0.2, 0.25) is 0 Å². The zero-order valence-corrected chi connectivity index (χ0v) is 13.7. The molecule has 102 valence electrons. The van der Waals surface area contributed by atoms with Crippen LogP contribution in [0.5, 0.6) is 0 Å². The van der Waals surface area contributed by atoms with Crippen molar-refractivity contribution in [3.8, 4) is 0 Å². The second kappa shape index (κ2) is 6.61. The minimum Gasteiger partial charge on any atom is -0.351 e. The van der Waals surface area contributed by atoms with Crippen LogP contribution in [0, 0.1) is 0 Å². The van der Waals surface area contributed by atoms with Crippen LogP contribution in [-0.4, -0.2) is 26.9 Å². The molecule has 0 aromatic carbocycles. The van der Waals surface area contributed by atoms with E-state index in [1.54, 1.807) is 0 Å². The largest absolute Gasteiger partial charge is 0.351 e. The fourth-order valence-corrected chi connectivity index (χ4v) is 2.61. The lowest BCUT2D eigenvalue weighted by Crippen LogP contribution is -2.27. The molecule has 1 N–H and O–H groups in total. The van der Waals surface area contributed by atoms with Gasteiger partial charge in [-0.1, -0.05) is 48.1 Å². The number of rotatable bonds is 5. The predicted molar refractivity (Wildman–Crippen MR) is 78.6 cm³/mol. The van der Waals surface area contributed by atoms with Crippen LogP contribution < -0.4 is 5.32 Å². The van der Waals surface area contributed by atoms with E-state index < -0.39 is 0 Å². The van der Waals surface area contributed by atoms with Crippen LogP contribution in [0.25, 0.3) is 0 Å². The molecule has 0 radical (unpaired) electrons. The van der Waals surface area contributed by atoms with E-state index in [1.165, 1.54) is 11.5 Å². The molecule has 1 aromatic heterocycles. The Morgan fingerprint density at radius 3 is 2.72 bits per heavy atom. The highest BCUT2D eigenvalue weighted by Gasteiger charge is 2.25. The number of carbonyl (C=O) groups is 1. The van der Waals surface area contributed by atoms with Crippen LogP contribution in [0.4, 0.5) is 0 Å². The van der Waals surface area contributed by atoms with E-state index >= 15 is 0 Å². The van der Waals surface area contributed by atoms with E-state index in [9.17, 15) is 4.79 Å². The van der Waals surface area contributed by atoms with E-state index in [4.69, 9.17) is 0 Å². The maximum atomic E-state index is 12.0. The topological polar surface area (TPSA) is 54.9 Å². The van der Waals surface area contributed by atoms with Crippen molar-refractivity contribution in [3.05, 3.63) is 10.6 Å². The molecule has 1 rings (SSSR count). The molecule has 0 aliphatic heterocycles. The summed E-state index contributed by atoms with van der Waals surface area (Å²) in [4.78, 5) is 13.1. The summed E-state index contributed by atoms with van der Waals surface area (Å²) < 4.78 is 3.89. The molecule has 0 bridgehead atoms. The lowest BCUT2D eigenvalue weighted by Gasteiger charge is -2.16. The number of amides is 1. The quantitative estimate of drug-likeness (QED) is 0.665. The molecule has 0 saturated heterocycles. The molecule has 18 heavy (non-hydrogen) atoms. The third kappa shape index (κ3) is 4.65. The van der Waals surface area contributed by atoms with Crippen molar-refractivity contribution in [1.29, 1.82) is 0 Å². The van der Waals surface area contributed by atoms with Crippen LogP contribution in [0.2, 0.25) is 0 Å². The summed E-state index contributed by atoms with van der Waals surface area (Å²) in [6.45, 7) is 8.90. The van der Waals surface area contributed by atoms with Gasteiger partial charge in [0.05, 0.1) is 5.69 Å². The fourth-order valence-electron chi connectivity index (χ4n) is 1.50. The maximum Gasteiger partial charge on any atom is 0.264 e. The number of hydrogen-bond donors (Lipinski definition) is 1. The standard InChI is InChI=1S/C12H20BrN3OS/c1-8(13)6-5-7-14-11(17)9-10(12(2,3)4)15-16-18-9/h8H,5-7H2,1-4H3,(H,14,17). The van der Waals surface area contributed by atoms with Gasteiger partial charge in [0.1, 0.15) is 4.88 Å². The number of alkyl halides is 1. The molecule has 1 heterocycles. The minimum atomic E-state index is -0.149. The molecule has 1 aromatic rings. The van der Waals surface area contributed by atoms with E-state index in [-0.39, 0.29) is 11.3 Å². The van der Waals surface area contributed by atoms with Crippen molar-refractivity contribution in [2.24, 2.45) is 0 Å². The third-order valence-electron chi connectivity index (χ3n) is 2.47. The first-order valence-corrected chi connectivity index (χ1v) is 7.76. The summed E-state index contributed by atoms with van der Waals surface area (Å²) >= 11 is 4.65. The second-order valence-corrected chi connectivity index (χ2v) is 7.70. The summed E-state index contributed by atoms with van der Waals surface area (Å²) in [7, 11) is 0. The van der Waals surface area contributed by atoms with Crippen molar-refractivity contribution in [2.75, 3.05) is 6.54 Å². The van der Waals surface area contributed by atoms with Crippen molar-refractivity contribution in [3.63, 3.8) is 0 Å². The van der Waals surface area contributed by atoms with Crippen molar-refractivity contribution >= 4 is 33.4 Å². The molecule has 6 heteroatoms. The van der Waals surface area contributed by atoms with Crippen LogP contribution in [0.3, 0.4) is 0 Å². The molecule has 0 aliphatic rings. The van der Waals surface area contributed by atoms with Crippen molar-refractivity contribution in [1.82, 2.24) is 14.9 Å². The SMILES string of the molecule is CC(Br)CCCNC(=O)c1snnc1C(C)(C)C. The maximum absolute atomic E-state index is 12.0. The fraction of sp³-hybridized carbons (Fsp3) is 0.750. The number of nitrogens with one attached hydrogen (secondary N) is 1. The molecule has 0 saturated carbocycles. The Balaban J connectivity index is 2.55. The third-order valence-corrected chi connectivity index (χ3v) is 3.65. The molecular weight excluding hydrogens is 314 g/mol. The second-order valence-electron chi connectivity index (χ2n) is 5.38. The van der Waals surface area contributed by atoms with Crippen LogP contribution in [-0.2, 0) is 5.41 Å². The molecule has 1 atom stereocenters. The van der Waals surface area contributed by atoms with Gasteiger partial charge in [0, 0.05) is 16.8 Å². The van der Waals surface area contributed by atoms with Gasteiger partial charge in [-0.05, 0) is 24.4 Å². The molecule has 0 spiro atoms. The zero-order valence-electron chi connectivity index (χ0n) is 11.3. The molecule has 1 amide bonds. The first kappa shape index (κ1) is 15.6. The molecular formula is C12H20BrN3OS. The normalized spacial score (nSPS) is 13.4. The minimum absolute atomic E-state index is 0.0582. The smallest absolute Gasteiger partial charge is 0.264 e. The lowest BCUT2D eigenvalue weighted by molar-refractivity contribution is 0.0954. The first-order valence-electron chi connectivity index (χ1n) is 6.07. The Kier molecular flexibility index (Phi) is 5.72. The zero-order chi connectivity index (χ0) is 13.8. The van der Waals surface area contributed by atoms with Gasteiger partial charge in [0.15, 0.2) is 0 Å². The van der Waals surface area contributed by atoms with E-state index in [0.717, 1.165) is 18.5 Å². The van der Waals surface area contributed by atoms with Gasteiger partial charge >= 0.3 is 0 Å². The Hall–Kier alpha value is -0.490. The van der Waals surface area contributed by atoms with Gasteiger partial charge in [-0.15, -0.1) is 5.10 Å². The van der Waals surface area contributed by atoms with Gasteiger partial charge in [-0.25, -0.2) is 0 Å². The highest BCUT2D eigenvalue weighted by atomic mass is 79.9. The Morgan fingerprint density at radius 2 is 2.17 bits per heavy atom. The summed E-state index contributed by atoms with van der Waals surface area (Å²) in [5, 5.41) is 6.99. The van der Waals surface area contributed by atoms with E-state index in [2.05, 4.69) is 37.8 Å². The Labute approximate surface area is 121 Å². The average Bonchev–Trinajstić information content (AvgIpc) is 2.72. The highest BCUT2D eigenvalue weighted by molar-refractivity contribution is 9.09. The van der Waals surface area contributed by atoms with Crippen LogP contribution in [0.1, 0.15) is 55.9 Å². The van der Waals surface area contributed by atoms with Gasteiger partial charge in [-0.3, -0.25) is 4.79 Å². The predicted octanol–water partition coefficient (Wildman–Crippen LogP) is 3.13. The number of carbonyl (C=O) groups excluding carboxylic acids is 1. The lowest BCUT2D eigenvalue weighted by atomic mass is 9.91. The van der Waals surface area contributed by atoms with Crippen molar-refractivity contribution < 1.29 is 4.79 Å². The summed E-state index contributed by atoms with van der Waals surface area (Å²) in [6.07, 6.45) is 2.02. The highest BCUT2D eigenvalue weighted by Crippen LogP contribution is 2.25. The Morgan fingerprint density at radius 1 is 1.50 bits per heavy atom. The number of hydrogen-bond acceptors (Lipinski definition) is 4. The molecule has 1 unspecified atom stereocenters. The van der Waals surface area contributed by atoms with Gasteiger partial charge in [0.25, 0.3) is 5.91 Å². The van der Waals surface area contributed by atoms with Gasteiger partial charge in [-0.2, -0.15) is 0 Å². The summed E-state index contributed by atoms with van der Waals surface area (Å²) in [6, 6.07) is 0. The number of halogens is 1. The average molecular weight is 334 g/mol. The van der Waals surface area contributed by atoms with E-state index in [1.807, 2.05) is 20.8 Å². The van der Waals surface area contributed by atoms with Gasteiger partial charge < -0.3 is 5.32 Å².